The van der Waals surface area contributed by atoms with Crippen LogP contribution in [0.1, 0.15) is 48.9 Å². The number of aromatic nitrogens is 2. The summed E-state index contributed by atoms with van der Waals surface area (Å²) in [6, 6.07) is 13.4. The Hall–Kier alpha value is -3.98. The third-order valence-electron chi connectivity index (χ3n) is 7.19. The third kappa shape index (κ3) is 6.96. The molecule has 9 nitrogen and oxygen atoms in total. The highest BCUT2D eigenvalue weighted by Gasteiger charge is 2.24. The number of ether oxygens (including phenoxy) is 3. The number of benzene rings is 2. The predicted molar refractivity (Wildman–Crippen MR) is 155 cm³/mol. The number of hydrogen-bond donors (Lipinski definition) is 1. The van der Waals surface area contributed by atoms with Crippen molar-refractivity contribution in [3.05, 3.63) is 98.5 Å². The number of aliphatic hydroxyl groups excluding tert-OH is 1. The fraction of sp³-hybridized carbons (Fsp3) is 0.419. The van der Waals surface area contributed by atoms with Crippen molar-refractivity contribution in [3.63, 3.8) is 0 Å². The maximum absolute atomic E-state index is 12.3. The monoisotopic (exact) mass is 549 g/mol. The first kappa shape index (κ1) is 29.0. The van der Waals surface area contributed by atoms with Crippen molar-refractivity contribution in [1.29, 1.82) is 0 Å². The zero-order valence-electron chi connectivity index (χ0n) is 23.6. The van der Waals surface area contributed by atoms with E-state index in [9.17, 15) is 14.7 Å². The Labute approximate surface area is 234 Å². The zero-order chi connectivity index (χ0) is 28.6. The van der Waals surface area contributed by atoms with Crippen LogP contribution in [0, 0.1) is 0 Å². The lowest BCUT2D eigenvalue weighted by molar-refractivity contribution is 0.170. The average molecular weight is 550 g/mol. The van der Waals surface area contributed by atoms with Crippen LogP contribution in [0.4, 0.5) is 0 Å². The predicted octanol–water partition coefficient (Wildman–Crippen LogP) is 4.37. The lowest BCUT2D eigenvalue weighted by Crippen LogP contribution is -2.39. The minimum Gasteiger partial charge on any atom is -0.513 e. The Morgan fingerprint density at radius 3 is 2.75 bits per heavy atom. The van der Waals surface area contributed by atoms with Crippen LogP contribution in [-0.2, 0) is 26.6 Å². The van der Waals surface area contributed by atoms with Crippen molar-refractivity contribution >= 4 is 0 Å². The van der Waals surface area contributed by atoms with Crippen LogP contribution in [0.25, 0.3) is 0 Å². The van der Waals surface area contributed by atoms with E-state index in [1.54, 1.807) is 14.2 Å². The molecule has 1 aromatic heterocycles. The number of hydrogen-bond acceptors (Lipinski definition) is 7. The third-order valence-corrected chi connectivity index (χ3v) is 7.19. The van der Waals surface area contributed by atoms with Gasteiger partial charge in [0.2, 0.25) is 0 Å². The molecule has 0 fully saturated rings. The van der Waals surface area contributed by atoms with E-state index >= 15 is 0 Å². The molecular weight excluding hydrogens is 510 g/mol. The number of aryl methyl sites for hydroxylation is 1. The summed E-state index contributed by atoms with van der Waals surface area (Å²) in [7, 11) is 3.19. The summed E-state index contributed by atoms with van der Waals surface area (Å²) in [6.45, 7) is 8.41. The number of rotatable bonds is 14. The molecule has 1 atom stereocenters. The van der Waals surface area contributed by atoms with Crippen LogP contribution in [0.5, 0.6) is 17.2 Å². The molecule has 2 heterocycles. The maximum atomic E-state index is 12.3. The van der Waals surface area contributed by atoms with Crippen LogP contribution in [0.2, 0.25) is 0 Å². The van der Waals surface area contributed by atoms with Gasteiger partial charge in [-0.05, 0) is 47.9 Å². The van der Waals surface area contributed by atoms with Crippen LogP contribution >= 0.6 is 0 Å². The van der Waals surface area contributed by atoms with E-state index in [1.165, 1.54) is 22.4 Å². The van der Waals surface area contributed by atoms with Gasteiger partial charge in [-0.15, -0.1) is 0 Å². The topological polar surface area (TPSA) is 95.2 Å². The molecule has 0 radical (unpaired) electrons. The minimum absolute atomic E-state index is 0.0522. The molecule has 0 amide bonds. The second kappa shape index (κ2) is 13.4. The molecular formula is C31H39N3O6. The molecule has 0 bridgehead atoms. The summed E-state index contributed by atoms with van der Waals surface area (Å²) in [5.74, 6) is 2.19. The SMILES string of the molecule is C=C(O)CC(c1ccc2c(c1)CCO2)N(CCCC)Cc1ccc(OCCn2c(=O)ccn(C)c2=O)c(OC)c1. The fourth-order valence-corrected chi connectivity index (χ4v) is 5.03. The van der Waals surface area contributed by atoms with E-state index in [1.807, 2.05) is 24.3 Å². The van der Waals surface area contributed by atoms with E-state index in [2.05, 4.69) is 30.5 Å². The van der Waals surface area contributed by atoms with Gasteiger partial charge in [0.05, 0.1) is 26.0 Å². The summed E-state index contributed by atoms with van der Waals surface area (Å²) in [5, 5.41) is 10.2. The van der Waals surface area contributed by atoms with Crippen molar-refractivity contribution in [1.82, 2.24) is 14.0 Å². The highest BCUT2D eigenvalue weighted by molar-refractivity contribution is 5.43. The van der Waals surface area contributed by atoms with Gasteiger partial charge in [0.1, 0.15) is 12.4 Å². The zero-order valence-corrected chi connectivity index (χ0v) is 23.6. The molecule has 3 aromatic rings. The second-order valence-electron chi connectivity index (χ2n) is 10.1. The Kier molecular flexibility index (Phi) is 9.71. The van der Waals surface area contributed by atoms with Crippen molar-refractivity contribution in [3.8, 4) is 17.2 Å². The van der Waals surface area contributed by atoms with Crippen molar-refractivity contribution in [2.75, 3.05) is 26.9 Å². The highest BCUT2D eigenvalue weighted by Crippen LogP contribution is 2.35. The second-order valence-corrected chi connectivity index (χ2v) is 10.1. The minimum atomic E-state index is -0.387. The Morgan fingerprint density at radius 2 is 2.00 bits per heavy atom. The number of aliphatic hydroxyl groups is 1. The molecule has 40 heavy (non-hydrogen) atoms. The summed E-state index contributed by atoms with van der Waals surface area (Å²) in [4.78, 5) is 26.7. The summed E-state index contributed by atoms with van der Waals surface area (Å²) >= 11 is 0. The fourth-order valence-electron chi connectivity index (χ4n) is 5.03. The van der Waals surface area contributed by atoms with E-state index < -0.39 is 0 Å². The first-order valence-corrected chi connectivity index (χ1v) is 13.7. The maximum Gasteiger partial charge on any atom is 0.330 e. The molecule has 1 aliphatic rings. The Morgan fingerprint density at radius 1 is 1.18 bits per heavy atom. The van der Waals surface area contributed by atoms with E-state index in [4.69, 9.17) is 14.2 Å². The first-order chi connectivity index (χ1) is 19.3. The lowest BCUT2D eigenvalue weighted by Gasteiger charge is -2.32. The highest BCUT2D eigenvalue weighted by atomic mass is 16.5. The van der Waals surface area contributed by atoms with Gasteiger partial charge < -0.3 is 23.9 Å². The number of methoxy groups -OCH3 is 1. The molecule has 2 aromatic carbocycles. The van der Waals surface area contributed by atoms with Gasteiger partial charge in [-0.3, -0.25) is 14.3 Å². The Bertz CT molecular complexity index is 1440. The van der Waals surface area contributed by atoms with Gasteiger partial charge in [0, 0.05) is 44.7 Å². The van der Waals surface area contributed by atoms with E-state index in [-0.39, 0.29) is 36.2 Å². The lowest BCUT2D eigenvalue weighted by atomic mass is 9.97. The van der Waals surface area contributed by atoms with Crippen molar-refractivity contribution in [2.45, 2.75) is 51.7 Å². The molecule has 0 spiro atoms. The largest absolute Gasteiger partial charge is 0.513 e. The van der Waals surface area contributed by atoms with E-state index in [0.29, 0.717) is 31.1 Å². The van der Waals surface area contributed by atoms with Crippen LogP contribution in [0.15, 0.2) is 70.6 Å². The van der Waals surface area contributed by atoms with E-state index in [0.717, 1.165) is 47.3 Å². The van der Waals surface area contributed by atoms with Gasteiger partial charge in [-0.25, -0.2) is 4.79 Å². The molecule has 214 valence electrons. The molecule has 1 aliphatic heterocycles. The van der Waals surface area contributed by atoms with Gasteiger partial charge in [-0.1, -0.05) is 38.1 Å². The molecule has 0 saturated carbocycles. The molecule has 0 saturated heterocycles. The quantitative estimate of drug-likeness (QED) is 0.298. The van der Waals surface area contributed by atoms with Crippen molar-refractivity contribution in [2.24, 2.45) is 7.05 Å². The Balaban J connectivity index is 1.53. The van der Waals surface area contributed by atoms with Gasteiger partial charge >= 0.3 is 5.69 Å². The number of nitrogens with zero attached hydrogens (tertiary/aromatic N) is 3. The molecule has 1 N–H and O–H groups in total. The molecule has 1 unspecified atom stereocenters. The van der Waals surface area contributed by atoms with Gasteiger partial charge in [0.25, 0.3) is 5.56 Å². The van der Waals surface area contributed by atoms with Crippen molar-refractivity contribution < 1.29 is 19.3 Å². The van der Waals surface area contributed by atoms with Crippen LogP contribution in [0.3, 0.4) is 0 Å². The van der Waals surface area contributed by atoms with Crippen LogP contribution < -0.4 is 25.5 Å². The summed E-state index contributed by atoms with van der Waals surface area (Å²) in [6.07, 6.45) is 4.83. The van der Waals surface area contributed by atoms with Gasteiger partial charge in [-0.2, -0.15) is 0 Å². The average Bonchev–Trinajstić information content (AvgIpc) is 3.42. The first-order valence-electron chi connectivity index (χ1n) is 13.7. The number of fused-ring (bicyclic) bond motifs is 1. The number of unbranched alkanes of at least 4 members (excludes halogenated alkanes) is 1. The smallest absolute Gasteiger partial charge is 0.330 e. The van der Waals surface area contributed by atoms with Crippen LogP contribution in [-0.4, -0.2) is 46.0 Å². The normalized spacial score (nSPS) is 13.1. The summed E-state index contributed by atoms with van der Waals surface area (Å²) < 4.78 is 19.8. The molecule has 4 rings (SSSR count). The standard InChI is InChI=1S/C31H39N3O6/c1-5-6-13-33(26(18-22(2)35)24-8-10-27-25(20-24)12-16-39-27)21-23-7-9-28(29(19-23)38-4)40-17-15-34-30(36)11-14-32(3)31(34)37/h7-11,14,19-20,26,35H,2,5-6,12-13,15-18,21H2,1,3-4H3. The summed E-state index contributed by atoms with van der Waals surface area (Å²) in [5.41, 5.74) is 2.61. The van der Waals surface area contributed by atoms with Gasteiger partial charge in [0.15, 0.2) is 11.5 Å². The molecule has 0 aliphatic carbocycles. The molecule has 9 heteroatoms.